The highest BCUT2D eigenvalue weighted by atomic mass is 16.5. The molecule has 1 saturated heterocycles. The molecule has 0 saturated carbocycles. The fourth-order valence-corrected chi connectivity index (χ4v) is 4.81. The van der Waals surface area contributed by atoms with Crippen molar-refractivity contribution in [3.8, 4) is 0 Å². The van der Waals surface area contributed by atoms with Crippen molar-refractivity contribution in [2.45, 2.75) is 57.7 Å². The summed E-state index contributed by atoms with van der Waals surface area (Å²) in [7, 11) is 1.40. The van der Waals surface area contributed by atoms with Gasteiger partial charge in [0, 0.05) is 29.1 Å². The van der Waals surface area contributed by atoms with Gasteiger partial charge in [0.2, 0.25) is 5.91 Å². The molecule has 1 fully saturated rings. The van der Waals surface area contributed by atoms with E-state index in [2.05, 4.69) is 22.9 Å². The Bertz CT molecular complexity index is 875. The van der Waals surface area contributed by atoms with Crippen molar-refractivity contribution in [3.05, 3.63) is 35.5 Å². The number of aromatic amines is 1. The maximum absolute atomic E-state index is 13.2. The Balaban J connectivity index is 1.60. The van der Waals surface area contributed by atoms with Gasteiger partial charge in [0.15, 0.2) is 0 Å². The Morgan fingerprint density at radius 1 is 1.25 bits per heavy atom. The second kappa shape index (κ2) is 7.95. The van der Waals surface area contributed by atoms with Gasteiger partial charge in [-0.15, -0.1) is 0 Å². The van der Waals surface area contributed by atoms with E-state index in [0.29, 0.717) is 25.6 Å². The van der Waals surface area contributed by atoms with Gasteiger partial charge in [-0.25, -0.2) is 4.79 Å². The van der Waals surface area contributed by atoms with Crippen molar-refractivity contribution in [1.29, 1.82) is 0 Å². The summed E-state index contributed by atoms with van der Waals surface area (Å²) in [5.74, 6) is -0.324. The Hall–Kier alpha value is -2.34. The zero-order valence-electron chi connectivity index (χ0n) is 16.7. The molecule has 3 heterocycles. The van der Waals surface area contributed by atoms with E-state index in [4.69, 9.17) is 4.74 Å². The molecule has 4 rings (SSSR count). The van der Waals surface area contributed by atoms with Gasteiger partial charge in [0.05, 0.1) is 20.2 Å². The lowest BCUT2D eigenvalue weighted by atomic mass is 9.96. The number of carbonyl (C=O) groups is 2. The highest BCUT2D eigenvalue weighted by molar-refractivity contribution is 5.90. The summed E-state index contributed by atoms with van der Waals surface area (Å²) in [6, 6.07) is 7.99. The predicted molar refractivity (Wildman–Crippen MR) is 108 cm³/mol. The lowest BCUT2D eigenvalue weighted by molar-refractivity contribution is -0.154. The average Bonchev–Trinajstić information content (AvgIpc) is 3.10. The van der Waals surface area contributed by atoms with Crippen LogP contribution in [-0.2, 0) is 27.3 Å². The molecule has 0 radical (unpaired) electrons. The number of hydrogen-bond donors (Lipinski definition) is 1. The van der Waals surface area contributed by atoms with E-state index in [-0.39, 0.29) is 11.9 Å². The van der Waals surface area contributed by atoms with Crippen LogP contribution in [0.1, 0.15) is 43.9 Å². The quantitative estimate of drug-likeness (QED) is 0.825. The van der Waals surface area contributed by atoms with Crippen molar-refractivity contribution in [3.63, 3.8) is 0 Å². The Morgan fingerprint density at radius 2 is 2.07 bits per heavy atom. The summed E-state index contributed by atoms with van der Waals surface area (Å²) in [5, 5.41) is 1.13. The van der Waals surface area contributed by atoms with Gasteiger partial charge in [-0.1, -0.05) is 31.5 Å². The zero-order chi connectivity index (χ0) is 19.7. The topological polar surface area (TPSA) is 65.6 Å². The van der Waals surface area contributed by atoms with Gasteiger partial charge in [0.25, 0.3) is 0 Å². The number of piperidine rings is 1. The van der Waals surface area contributed by atoms with Crippen LogP contribution >= 0.6 is 0 Å². The Kier molecular flexibility index (Phi) is 5.40. The Labute approximate surface area is 165 Å². The smallest absolute Gasteiger partial charge is 0.328 e. The normalized spacial score (nSPS) is 22.9. The van der Waals surface area contributed by atoms with Crippen LogP contribution in [0.2, 0.25) is 0 Å². The summed E-state index contributed by atoms with van der Waals surface area (Å²) < 4.78 is 5.05. The number of nitrogens with one attached hydrogen (secondary N) is 1. The van der Waals surface area contributed by atoms with E-state index >= 15 is 0 Å². The minimum absolute atomic E-state index is 0.0139. The number of methoxy groups -OCH3 is 1. The number of likely N-dealkylation sites (tertiary alicyclic amines) is 1. The largest absolute Gasteiger partial charge is 0.467 e. The summed E-state index contributed by atoms with van der Waals surface area (Å²) in [4.78, 5) is 33.2. The molecule has 1 amide bonds. The number of rotatable bonds is 4. The van der Waals surface area contributed by atoms with Crippen LogP contribution in [0.25, 0.3) is 10.9 Å². The molecule has 2 atom stereocenters. The molecule has 0 bridgehead atoms. The lowest BCUT2D eigenvalue weighted by Crippen LogP contribution is -2.53. The number of para-hydroxylation sites is 1. The summed E-state index contributed by atoms with van der Waals surface area (Å²) in [6.45, 7) is 3.94. The zero-order valence-corrected chi connectivity index (χ0v) is 16.7. The highest BCUT2D eigenvalue weighted by Gasteiger charge is 2.38. The minimum Gasteiger partial charge on any atom is -0.467 e. The first-order valence-corrected chi connectivity index (χ1v) is 10.3. The third-order valence-corrected chi connectivity index (χ3v) is 6.36. The standard InChI is InChI=1S/C22H29N3O3/c1-3-15-8-6-7-11-24(15)14-21(26)25-13-19-17(12-20(25)22(27)28-2)16-9-4-5-10-18(16)23-19/h4-5,9-10,15,20,23H,3,6-8,11-14H2,1-2H3/t15-,20-/m0/s1. The van der Waals surface area contributed by atoms with Crippen molar-refractivity contribution in [1.82, 2.24) is 14.8 Å². The average molecular weight is 383 g/mol. The highest BCUT2D eigenvalue weighted by Crippen LogP contribution is 2.31. The monoisotopic (exact) mass is 383 g/mol. The predicted octanol–water partition coefficient (Wildman–Crippen LogP) is 2.86. The minimum atomic E-state index is -0.561. The van der Waals surface area contributed by atoms with Gasteiger partial charge in [-0.2, -0.15) is 0 Å². The molecular weight excluding hydrogens is 354 g/mol. The maximum atomic E-state index is 13.2. The van der Waals surface area contributed by atoms with Crippen LogP contribution in [0.15, 0.2) is 24.3 Å². The Morgan fingerprint density at radius 3 is 2.86 bits per heavy atom. The van der Waals surface area contributed by atoms with E-state index in [9.17, 15) is 9.59 Å². The number of amides is 1. The summed E-state index contributed by atoms with van der Waals surface area (Å²) >= 11 is 0. The molecule has 0 unspecified atom stereocenters. The molecular formula is C22H29N3O3. The number of H-pyrrole nitrogens is 1. The van der Waals surface area contributed by atoms with Crippen molar-refractivity contribution >= 4 is 22.8 Å². The number of esters is 1. The molecule has 1 aromatic heterocycles. The van der Waals surface area contributed by atoms with Crippen LogP contribution in [0, 0.1) is 0 Å². The molecule has 1 aromatic carbocycles. The number of hydrogen-bond acceptors (Lipinski definition) is 4. The van der Waals surface area contributed by atoms with Gasteiger partial charge in [-0.3, -0.25) is 9.69 Å². The van der Waals surface area contributed by atoms with Crippen molar-refractivity contribution < 1.29 is 14.3 Å². The third kappa shape index (κ3) is 3.41. The second-order valence-electron chi connectivity index (χ2n) is 7.92. The number of nitrogens with zero attached hydrogens (tertiary/aromatic N) is 2. The molecule has 150 valence electrons. The van der Waals surface area contributed by atoms with E-state index in [1.165, 1.54) is 13.5 Å². The number of aromatic nitrogens is 1. The maximum Gasteiger partial charge on any atom is 0.328 e. The van der Waals surface area contributed by atoms with Crippen LogP contribution in [0.5, 0.6) is 0 Å². The van der Waals surface area contributed by atoms with Crippen LogP contribution < -0.4 is 0 Å². The van der Waals surface area contributed by atoms with E-state index in [1.54, 1.807) is 4.90 Å². The number of ether oxygens (including phenoxy) is 1. The molecule has 2 aromatic rings. The third-order valence-electron chi connectivity index (χ3n) is 6.36. The van der Waals surface area contributed by atoms with Gasteiger partial charge in [0.1, 0.15) is 6.04 Å². The first kappa shape index (κ1) is 19.0. The van der Waals surface area contributed by atoms with Crippen molar-refractivity contribution in [2.75, 3.05) is 20.2 Å². The molecule has 0 aliphatic carbocycles. The summed E-state index contributed by atoms with van der Waals surface area (Å²) in [5.41, 5.74) is 3.20. The first-order chi connectivity index (χ1) is 13.6. The van der Waals surface area contributed by atoms with Crippen LogP contribution in [0.4, 0.5) is 0 Å². The summed E-state index contributed by atoms with van der Waals surface area (Å²) in [6.07, 6.45) is 5.07. The van der Waals surface area contributed by atoms with Crippen LogP contribution in [-0.4, -0.2) is 58.9 Å². The van der Waals surface area contributed by atoms with Gasteiger partial charge < -0.3 is 14.6 Å². The second-order valence-corrected chi connectivity index (χ2v) is 7.92. The SMILES string of the molecule is CC[C@H]1CCCCN1CC(=O)N1Cc2[nH]c3ccccc3c2C[C@H]1C(=O)OC. The molecule has 2 aliphatic heterocycles. The number of carbonyl (C=O) groups excluding carboxylic acids is 2. The first-order valence-electron chi connectivity index (χ1n) is 10.3. The molecule has 6 heteroatoms. The number of fused-ring (bicyclic) bond motifs is 3. The van der Waals surface area contributed by atoms with E-state index in [0.717, 1.165) is 48.0 Å². The van der Waals surface area contributed by atoms with Crippen LogP contribution in [0.3, 0.4) is 0 Å². The molecule has 2 aliphatic rings. The fourth-order valence-electron chi connectivity index (χ4n) is 4.81. The fraction of sp³-hybridized carbons (Fsp3) is 0.545. The van der Waals surface area contributed by atoms with Gasteiger partial charge >= 0.3 is 5.97 Å². The van der Waals surface area contributed by atoms with Crippen molar-refractivity contribution in [2.24, 2.45) is 0 Å². The lowest BCUT2D eigenvalue weighted by Gasteiger charge is -2.38. The molecule has 6 nitrogen and oxygen atoms in total. The molecule has 28 heavy (non-hydrogen) atoms. The van der Waals surface area contributed by atoms with E-state index < -0.39 is 6.04 Å². The molecule has 1 N–H and O–H groups in total. The van der Waals surface area contributed by atoms with E-state index in [1.807, 2.05) is 18.2 Å². The number of benzene rings is 1. The molecule has 0 spiro atoms. The van der Waals surface area contributed by atoms with Gasteiger partial charge in [-0.05, 0) is 37.4 Å².